The summed E-state index contributed by atoms with van der Waals surface area (Å²) < 4.78 is 14.0. The summed E-state index contributed by atoms with van der Waals surface area (Å²) in [7, 11) is 0. The van der Waals surface area contributed by atoms with E-state index >= 15 is 0 Å². The molecule has 0 amide bonds. The summed E-state index contributed by atoms with van der Waals surface area (Å²) in [6.45, 7) is 8.93. The molecule has 1 aliphatic rings. The first-order valence-corrected chi connectivity index (χ1v) is 6.68. The molecule has 1 aromatic rings. The summed E-state index contributed by atoms with van der Waals surface area (Å²) in [5.74, 6) is -0.173. The SMILES string of the molecule is CC1(C)CC(C)(C)CC(N)(c2ccccc2F)C1. The smallest absolute Gasteiger partial charge is 0.128 e. The molecule has 1 saturated carbocycles. The predicted molar refractivity (Wildman–Crippen MR) is 73.7 cm³/mol. The number of hydrogen-bond acceptors (Lipinski definition) is 1. The molecule has 18 heavy (non-hydrogen) atoms. The number of hydrogen-bond donors (Lipinski definition) is 1. The lowest BCUT2D eigenvalue weighted by Crippen LogP contribution is -2.50. The van der Waals surface area contributed by atoms with E-state index in [1.807, 2.05) is 12.1 Å². The van der Waals surface area contributed by atoms with Gasteiger partial charge in [0.15, 0.2) is 0 Å². The van der Waals surface area contributed by atoms with E-state index < -0.39 is 5.54 Å². The molecular weight excluding hydrogens is 225 g/mol. The van der Waals surface area contributed by atoms with E-state index in [-0.39, 0.29) is 16.6 Å². The van der Waals surface area contributed by atoms with Gasteiger partial charge < -0.3 is 5.73 Å². The minimum absolute atomic E-state index is 0.152. The van der Waals surface area contributed by atoms with Gasteiger partial charge in [-0.1, -0.05) is 45.9 Å². The highest BCUT2D eigenvalue weighted by molar-refractivity contribution is 5.28. The number of rotatable bonds is 1. The van der Waals surface area contributed by atoms with Crippen LogP contribution < -0.4 is 5.73 Å². The molecule has 1 aliphatic carbocycles. The normalized spacial score (nSPS) is 24.8. The van der Waals surface area contributed by atoms with Crippen LogP contribution in [0.4, 0.5) is 4.39 Å². The van der Waals surface area contributed by atoms with Crippen LogP contribution in [0.15, 0.2) is 24.3 Å². The molecule has 0 saturated heterocycles. The minimum Gasteiger partial charge on any atom is -0.321 e. The van der Waals surface area contributed by atoms with Crippen LogP contribution in [0.2, 0.25) is 0 Å². The summed E-state index contributed by atoms with van der Waals surface area (Å²) >= 11 is 0. The Kier molecular flexibility index (Phi) is 3.05. The van der Waals surface area contributed by atoms with Crippen molar-refractivity contribution < 1.29 is 4.39 Å². The summed E-state index contributed by atoms with van der Waals surface area (Å²) in [4.78, 5) is 0. The summed E-state index contributed by atoms with van der Waals surface area (Å²) in [6.07, 6.45) is 2.81. The van der Waals surface area contributed by atoms with Gasteiger partial charge in [-0.15, -0.1) is 0 Å². The molecule has 0 aliphatic heterocycles. The zero-order chi connectivity index (χ0) is 13.6. The van der Waals surface area contributed by atoms with E-state index in [0.717, 1.165) is 19.3 Å². The number of halogens is 1. The first-order chi connectivity index (χ1) is 8.14. The third-order valence-corrected chi connectivity index (χ3v) is 3.96. The number of benzene rings is 1. The van der Waals surface area contributed by atoms with Crippen molar-refractivity contribution in [1.82, 2.24) is 0 Å². The van der Waals surface area contributed by atoms with Crippen molar-refractivity contribution in [1.29, 1.82) is 0 Å². The number of nitrogens with two attached hydrogens (primary N) is 1. The van der Waals surface area contributed by atoms with Crippen molar-refractivity contribution in [3.05, 3.63) is 35.6 Å². The molecule has 0 atom stereocenters. The molecule has 1 nitrogen and oxygen atoms in total. The second-order valence-electron chi connectivity index (χ2n) is 7.49. The molecule has 2 N–H and O–H groups in total. The van der Waals surface area contributed by atoms with Crippen molar-refractivity contribution >= 4 is 0 Å². The van der Waals surface area contributed by atoms with Crippen LogP contribution >= 0.6 is 0 Å². The van der Waals surface area contributed by atoms with E-state index in [2.05, 4.69) is 27.7 Å². The van der Waals surface area contributed by atoms with Gasteiger partial charge in [-0.25, -0.2) is 4.39 Å². The van der Waals surface area contributed by atoms with Gasteiger partial charge in [0.25, 0.3) is 0 Å². The molecule has 1 fully saturated rings. The van der Waals surface area contributed by atoms with Crippen molar-refractivity contribution in [2.75, 3.05) is 0 Å². The summed E-state index contributed by atoms with van der Waals surface area (Å²) in [5, 5.41) is 0. The molecule has 0 heterocycles. The maximum Gasteiger partial charge on any atom is 0.128 e. The van der Waals surface area contributed by atoms with Gasteiger partial charge in [0.1, 0.15) is 5.82 Å². The zero-order valence-electron chi connectivity index (χ0n) is 11.9. The Morgan fingerprint density at radius 3 is 1.94 bits per heavy atom. The van der Waals surface area contributed by atoms with E-state index in [9.17, 15) is 4.39 Å². The Balaban J connectivity index is 2.45. The third-order valence-electron chi connectivity index (χ3n) is 3.96. The van der Waals surface area contributed by atoms with Gasteiger partial charge in [-0.05, 0) is 36.2 Å². The summed E-state index contributed by atoms with van der Waals surface area (Å²) in [6, 6.07) is 6.95. The maximum absolute atomic E-state index is 14.0. The standard InChI is InChI=1S/C16H24FN/c1-14(2)9-15(3,4)11-16(18,10-14)12-7-5-6-8-13(12)17/h5-8H,9-11,18H2,1-4H3. The maximum atomic E-state index is 14.0. The Bertz CT molecular complexity index is 432. The fourth-order valence-corrected chi connectivity index (χ4v) is 4.25. The quantitative estimate of drug-likeness (QED) is 0.792. The second-order valence-corrected chi connectivity index (χ2v) is 7.49. The first kappa shape index (κ1) is 13.5. The lowest BCUT2D eigenvalue weighted by atomic mass is 9.57. The molecule has 1 aromatic carbocycles. The largest absolute Gasteiger partial charge is 0.321 e. The van der Waals surface area contributed by atoms with Crippen LogP contribution in [0, 0.1) is 16.6 Å². The van der Waals surface area contributed by atoms with Gasteiger partial charge >= 0.3 is 0 Å². The van der Waals surface area contributed by atoms with Crippen LogP contribution in [0.5, 0.6) is 0 Å². The topological polar surface area (TPSA) is 26.0 Å². The average Bonchev–Trinajstić information content (AvgIpc) is 2.11. The Morgan fingerprint density at radius 1 is 0.944 bits per heavy atom. The molecule has 100 valence electrons. The van der Waals surface area contributed by atoms with Gasteiger partial charge in [-0.2, -0.15) is 0 Å². The van der Waals surface area contributed by atoms with E-state index in [1.54, 1.807) is 6.07 Å². The fraction of sp³-hybridized carbons (Fsp3) is 0.625. The van der Waals surface area contributed by atoms with Crippen molar-refractivity contribution in [2.45, 2.75) is 52.5 Å². The lowest BCUT2D eigenvalue weighted by molar-refractivity contribution is 0.0454. The molecular formula is C16H24FN. The minimum atomic E-state index is -0.545. The van der Waals surface area contributed by atoms with E-state index in [4.69, 9.17) is 5.73 Å². The average molecular weight is 249 g/mol. The van der Waals surface area contributed by atoms with Gasteiger partial charge in [-0.3, -0.25) is 0 Å². The Morgan fingerprint density at radius 2 is 1.44 bits per heavy atom. The monoisotopic (exact) mass is 249 g/mol. The lowest BCUT2D eigenvalue weighted by Gasteiger charge is -2.50. The molecule has 0 bridgehead atoms. The summed E-state index contributed by atoms with van der Waals surface area (Å²) in [5.41, 5.74) is 7.02. The van der Waals surface area contributed by atoms with Crippen LogP contribution in [0.25, 0.3) is 0 Å². The first-order valence-electron chi connectivity index (χ1n) is 6.68. The zero-order valence-corrected chi connectivity index (χ0v) is 11.9. The predicted octanol–water partition coefficient (Wildman–Crippen LogP) is 4.22. The van der Waals surface area contributed by atoms with Gasteiger partial charge in [0, 0.05) is 11.1 Å². The van der Waals surface area contributed by atoms with Crippen molar-refractivity contribution in [3.8, 4) is 0 Å². The highest BCUT2D eigenvalue weighted by Crippen LogP contribution is 2.52. The fourth-order valence-electron chi connectivity index (χ4n) is 4.25. The van der Waals surface area contributed by atoms with E-state index in [0.29, 0.717) is 5.56 Å². The molecule has 0 spiro atoms. The molecule has 0 aromatic heterocycles. The highest BCUT2D eigenvalue weighted by atomic mass is 19.1. The van der Waals surface area contributed by atoms with Crippen LogP contribution in [-0.2, 0) is 5.54 Å². The van der Waals surface area contributed by atoms with Crippen LogP contribution in [0.3, 0.4) is 0 Å². The Labute approximate surface area is 110 Å². The molecule has 0 radical (unpaired) electrons. The van der Waals surface area contributed by atoms with Crippen molar-refractivity contribution in [2.24, 2.45) is 16.6 Å². The molecule has 0 unspecified atom stereocenters. The van der Waals surface area contributed by atoms with Gasteiger partial charge in [0.05, 0.1) is 0 Å². The van der Waals surface area contributed by atoms with Gasteiger partial charge in [0.2, 0.25) is 0 Å². The second kappa shape index (κ2) is 4.06. The Hall–Kier alpha value is -0.890. The van der Waals surface area contributed by atoms with Crippen LogP contribution in [0.1, 0.15) is 52.5 Å². The molecule has 2 rings (SSSR count). The van der Waals surface area contributed by atoms with Crippen LogP contribution in [-0.4, -0.2) is 0 Å². The molecule has 2 heteroatoms. The highest BCUT2D eigenvalue weighted by Gasteiger charge is 2.46. The van der Waals surface area contributed by atoms with Crippen molar-refractivity contribution in [3.63, 3.8) is 0 Å². The van der Waals surface area contributed by atoms with E-state index in [1.165, 1.54) is 6.07 Å². The third kappa shape index (κ3) is 2.59.